The lowest BCUT2D eigenvalue weighted by molar-refractivity contribution is -0.140. The van der Waals surface area contributed by atoms with Gasteiger partial charge in [0.15, 0.2) is 5.96 Å². The van der Waals surface area contributed by atoms with E-state index in [1.54, 1.807) is 19.0 Å². The molecule has 2 aliphatic heterocycles. The first-order chi connectivity index (χ1) is 15.5. The van der Waals surface area contributed by atoms with Crippen LogP contribution >= 0.6 is 24.0 Å². The molecule has 0 bridgehead atoms. The van der Waals surface area contributed by atoms with Gasteiger partial charge < -0.3 is 24.8 Å². The van der Waals surface area contributed by atoms with Crippen molar-refractivity contribution in [1.82, 2.24) is 20.0 Å². The average Bonchev–Trinajstić information content (AvgIpc) is 2.83. The van der Waals surface area contributed by atoms with E-state index in [9.17, 15) is 9.59 Å². The van der Waals surface area contributed by atoms with E-state index in [1.165, 1.54) is 0 Å². The molecule has 1 aromatic carbocycles. The Morgan fingerprint density at radius 3 is 2.45 bits per heavy atom. The summed E-state index contributed by atoms with van der Waals surface area (Å²) in [7, 11) is 3.53. The fourth-order valence-corrected chi connectivity index (χ4v) is 4.21. The van der Waals surface area contributed by atoms with E-state index in [4.69, 9.17) is 9.73 Å². The highest BCUT2D eigenvalue weighted by Crippen LogP contribution is 2.20. The Balaban J connectivity index is 0.00000385. The van der Waals surface area contributed by atoms with Gasteiger partial charge in [-0.15, -0.1) is 24.0 Å². The lowest BCUT2D eigenvalue weighted by Gasteiger charge is -2.36. The maximum Gasteiger partial charge on any atom is 0.253 e. The predicted octanol–water partition coefficient (Wildman–Crippen LogP) is 2.09. The zero-order valence-electron chi connectivity index (χ0n) is 20.1. The smallest absolute Gasteiger partial charge is 0.253 e. The van der Waals surface area contributed by atoms with E-state index in [-0.39, 0.29) is 41.7 Å². The molecule has 0 unspecified atom stereocenters. The number of aliphatic imine (C=N–C) groups is 1. The van der Waals surface area contributed by atoms with Gasteiger partial charge in [0.05, 0.1) is 13.2 Å². The van der Waals surface area contributed by atoms with Crippen molar-refractivity contribution in [3.05, 3.63) is 35.4 Å². The molecule has 0 saturated carbocycles. The van der Waals surface area contributed by atoms with Gasteiger partial charge in [-0.2, -0.15) is 0 Å². The largest absolute Gasteiger partial charge is 0.378 e. The van der Waals surface area contributed by atoms with E-state index in [0.717, 1.165) is 50.4 Å². The molecule has 1 N–H and O–H groups in total. The Morgan fingerprint density at radius 2 is 1.82 bits per heavy atom. The van der Waals surface area contributed by atoms with Crippen LogP contribution in [0.5, 0.6) is 0 Å². The second-order valence-corrected chi connectivity index (χ2v) is 8.58. The molecule has 0 radical (unpaired) electrons. The average molecular weight is 572 g/mol. The molecular formula is C24H38IN5O3. The van der Waals surface area contributed by atoms with Gasteiger partial charge in [0.25, 0.3) is 5.91 Å². The number of piperidine rings is 1. The first-order valence-corrected chi connectivity index (χ1v) is 11.7. The zero-order chi connectivity index (χ0) is 22.9. The van der Waals surface area contributed by atoms with Gasteiger partial charge in [-0.3, -0.25) is 14.6 Å². The third-order valence-electron chi connectivity index (χ3n) is 6.04. The van der Waals surface area contributed by atoms with Crippen molar-refractivity contribution >= 4 is 41.8 Å². The van der Waals surface area contributed by atoms with Gasteiger partial charge in [-0.1, -0.05) is 12.1 Å². The van der Waals surface area contributed by atoms with Gasteiger partial charge in [-0.25, -0.2) is 0 Å². The normalized spacial score (nSPS) is 17.4. The maximum atomic E-state index is 12.8. The third-order valence-corrected chi connectivity index (χ3v) is 6.04. The number of hydrogen-bond donors (Lipinski definition) is 1. The van der Waals surface area contributed by atoms with Crippen molar-refractivity contribution in [3.8, 4) is 0 Å². The second-order valence-electron chi connectivity index (χ2n) is 8.58. The van der Waals surface area contributed by atoms with Crippen LogP contribution in [0.1, 0.15) is 35.7 Å². The highest BCUT2D eigenvalue weighted by atomic mass is 127. The van der Waals surface area contributed by atoms with Crippen molar-refractivity contribution in [2.24, 2.45) is 10.9 Å². The highest BCUT2D eigenvalue weighted by Gasteiger charge is 2.30. The number of morpholine rings is 1. The number of rotatable bonds is 6. The molecule has 2 fully saturated rings. The number of carbonyl (C=O) groups excluding carboxylic acids is 2. The lowest BCUT2D eigenvalue weighted by Crippen LogP contribution is -2.50. The minimum absolute atomic E-state index is 0. The topological polar surface area (TPSA) is 77.5 Å². The van der Waals surface area contributed by atoms with Crippen LogP contribution in [0.2, 0.25) is 0 Å². The molecule has 33 heavy (non-hydrogen) atoms. The van der Waals surface area contributed by atoms with Crippen molar-refractivity contribution in [3.63, 3.8) is 0 Å². The predicted molar refractivity (Wildman–Crippen MR) is 141 cm³/mol. The molecule has 2 aliphatic rings. The third kappa shape index (κ3) is 7.84. The summed E-state index contributed by atoms with van der Waals surface area (Å²) in [5.74, 6) is 1.30. The van der Waals surface area contributed by atoms with E-state index >= 15 is 0 Å². The molecule has 0 atom stereocenters. The molecule has 0 aromatic heterocycles. The van der Waals surface area contributed by atoms with Gasteiger partial charge in [0, 0.05) is 64.8 Å². The first kappa shape index (κ1) is 27.4. The molecule has 184 valence electrons. The number of amides is 2. The minimum atomic E-state index is 0. The van der Waals surface area contributed by atoms with Gasteiger partial charge >= 0.3 is 0 Å². The molecule has 2 amide bonds. The monoisotopic (exact) mass is 571 g/mol. The molecule has 2 heterocycles. The molecule has 0 spiro atoms. The SMILES string of the molecule is CCNC(=NCCc1cccc(C(=O)N(C)C)c1)N1CCC(C(=O)N2CCOCC2)CC1.I. The fraction of sp³-hybridized carbons (Fsp3) is 0.625. The Bertz CT molecular complexity index is 803. The summed E-state index contributed by atoms with van der Waals surface area (Å²) in [4.78, 5) is 35.6. The van der Waals surface area contributed by atoms with Gasteiger partial charge in [0.2, 0.25) is 5.91 Å². The quantitative estimate of drug-likeness (QED) is 0.322. The molecule has 8 nitrogen and oxygen atoms in total. The van der Waals surface area contributed by atoms with Gasteiger partial charge in [0.1, 0.15) is 0 Å². The maximum absolute atomic E-state index is 12.8. The van der Waals surface area contributed by atoms with Gasteiger partial charge in [-0.05, 0) is 43.9 Å². The highest BCUT2D eigenvalue weighted by molar-refractivity contribution is 14.0. The molecule has 0 aliphatic carbocycles. The number of benzene rings is 1. The van der Waals surface area contributed by atoms with Crippen LogP contribution in [0.4, 0.5) is 0 Å². The molecule has 9 heteroatoms. The van der Waals surface area contributed by atoms with Crippen LogP contribution in [-0.2, 0) is 16.0 Å². The number of likely N-dealkylation sites (tertiary alicyclic amines) is 1. The summed E-state index contributed by atoms with van der Waals surface area (Å²) >= 11 is 0. The fourth-order valence-electron chi connectivity index (χ4n) is 4.21. The Morgan fingerprint density at radius 1 is 1.12 bits per heavy atom. The first-order valence-electron chi connectivity index (χ1n) is 11.7. The van der Waals surface area contributed by atoms with Crippen molar-refractivity contribution in [2.75, 3.05) is 66.6 Å². The van der Waals surface area contributed by atoms with E-state index in [2.05, 4.69) is 17.1 Å². The summed E-state index contributed by atoms with van der Waals surface area (Å²) in [6, 6.07) is 7.77. The second kappa shape index (κ2) is 13.7. The molecule has 3 rings (SSSR count). The van der Waals surface area contributed by atoms with Crippen LogP contribution < -0.4 is 5.32 Å². The molecule has 2 saturated heterocycles. The van der Waals surface area contributed by atoms with E-state index < -0.39 is 0 Å². The van der Waals surface area contributed by atoms with Crippen molar-refractivity contribution in [1.29, 1.82) is 0 Å². The standard InChI is InChI=1S/C24H37N5O3.HI/c1-4-25-24(26-11-8-19-6-5-7-21(18-19)22(30)27(2)3)29-12-9-20(10-13-29)23(31)28-14-16-32-17-15-28;/h5-7,18,20H,4,8-17H2,1-3H3,(H,25,26);1H. The van der Waals surface area contributed by atoms with Crippen LogP contribution in [0.15, 0.2) is 29.3 Å². The lowest BCUT2D eigenvalue weighted by atomic mass is 9.95. The van der Waals surface area contributed by atoms with E-state index in [0.29, 0.717) is 38.4 Å². The minimum Gasteiger partial charge on any atom is -0.378 e. The van der Waals surface area contributed by atoms with E-state index in [1.807, 2.05) is 29.2 Å². The summed E-state index contributed by atoms with van der Waals surface area (Å²) in [6.45, 7) is 7.91. The Kier molecular flexibility index (Phi) is 11.4. The number of nitrogens with zero attached hydrogens (tertiary/aromatic N) is 4. The zero-order valence-corrected chi connectivity index (χ0v) is 22.4. The number of carbonyl (C=O) groups is 2. The van der Waals surface area contributed by atoms with Crippen LogP contribution in [0.3, 0.4) is 0 Å². The number of hydrogen-bond acceptors (Lipinski definition) is 4. The molecule has 1 aromatic rings. The van der Waals surface area contributed by atoms with Crippen molar-refractivity contribution < 1.29 is 14.3 Å². The number of halogens is 1. The number of guanidine groups is 1. The summed E-state index contributed by atoms with van der Waals surface area (Å²) in [6.07, 6.45) is 2.49. The van der Waals surface area contributed by atoms with Crippen LogP contribution in [0, 0.1) is 5.92 Å². The van der Waals surface area contributed by atoms with Crippen molar-refractivity contribution in [2.45, 2.75) is 26.2 Å². The summed E-state index contributed by atoms with van der Waals surface area (Å²) in [5.41, 5.74) is 1.81. The summed E-state index contributed by atoms with van der Waals surface area (Å²) in [5, 5.41) is 3.39. The van der Waals surface area contributed by atoms with Crippen LogP contribution in [-0.4, -0.2) is 99.1 Å². The van der Waals surface area contributed by atoms with Crippen LogP contribution in [0.25, 0.3) is 0 Å². The number of ether oxygens (including phenoxy) is 1. The summed E-state index contributed by atoms with van der Waals surface area (Å²) < 4.78 is 5.37. The Labute approximate surface area is 214 Å². The number of nitrogens with one attached hydrogen (secondary N) is 1. The molecular weight excluding hydrogens is 533 g/mol. The Hall–Kier alpha value is -1.88.